The lowest BCUT2D eigenvalue weighted by atomic mass is 10.2. The molecule has 0 fully saturated rings. The number of methoxy groups -OCH3 is 1. The smallest absolute Gasteiger partial charge is 0.272 e. The summed E-state index contributed by atoms with van der Waals surface area (Å²) in [7, 11) is 1.55. The quantitative estimate of drug-likeness (QED) is 0.110. The van der Waals surface area contributed by atoms with Gasteiger partial charge in [-0.15, -0.1) is 11.8 Å². The number of hydrogen-bond donors (Lipinski definition) is 3. The molecule has 0 bridgehead atoms. The molecule has 3 amide bonds. The van der Waals surface area contributed by atoms with E-state index in [0.29, 0.717) is 34.2 Å². The molecule has 0 atom stereocenters. The van der Waals surface area contributed by atoms with Crippen LogP contribution in [0.25, 0.3) is 17.4 Å². The van der Waals surface area contributed by atoms with E-state index < -0.39 is 11.8 Å². The number of carbonyl (C=O) groups is 3. The number of benzene rings is 4. The molecule has 3 N–H and O–H groups in total. The van der Waals surface area contributed by atoms with Gasteiger partial charge in [-0.3, -0.25) is 14.4 Å². The molecule has 5 aromatic rings. The van der Waals surface area contributed by atoms with E-state index in [-0.39, 0.29) is 17.4 Å². The van der Waals surface area contributed by atoms with Gasteiger partial charge in [0, 0.05) is 27.8 Å². The minimum atomic E-state index is -0.525. The third-order valence-corrected chi connectivity index (χ3v) is 7.38. The summed E-state index contributed by atoms with van der Waals surface area (Å²) in [5, 5.41) is 8.39. The fourth-order valence-electron chi connectivity index (χ4n) is 4.19. The first kappa shape index (κ1) is 29.9. The van der Waals surface area contributed by atoms with Crippen molar-refractivity contribution in [3.63, 3.8) is 0 Å². The monoisotopic (exact) mass is 603 g/mol. The largest absolute Gasteiger partial charge is 0.495 e. The fraction of sp³-hybridized carbons (Fsp3) is 0.0571. The van der Waals surface area contributed by atoms with Crippen molar-refractivity contribution in [1.29, 1.82) is 0 Å². The summed E-state index contributed by atoms with van der Waals surface area (Å²) >= 11 is 1.36. The zero-order valence-electron chi connectivity index (χ0n) is 23.8. The van der Waals surface area contributed by atoms with Crippen LogP contribution in [-0.2, 0) is 9.59 Å². The summed E-state index contributed by atoms with van der Waals surface area (Å²) in [6.45, 7) is 0. The summed E-state index contributed by atoms with van der Waals surface area (Å²) in [5.41, 5.74) is 2.43. The van der Waals surface area contributed by atoms with Gasteiger partial charge < -0.3 is 25.1 Å². The van der Waals surface area contributed by atoms with Crippen molar-refractivity contribution >= 4 is 46.9 Å². The van der Waals surface area contributed by atoms with Crippen molar-refractivity contribution in [2.75, 3.05) is 23.5 Å². The number of carbonyl (C=O) groups excluding carboxylic acids is 3. The van der Waals surface area contributed by atoms with Crippen molar-refractivity contribution in [2.24, 2.45) is 0 Å². The van der Waals surface area contributed by atoms with E-state index in [1.54, 1.807) is 73.8 Å². The van der Waals surface area contributed by atoms with Gasteiger partial charge in [-0.2, -0.15) is 0 Å². The van der Waals surface area contributed by atoms with Gasteiger partial charge in [-0.25, -0.2) is 0 Å². The van der Waals surface area contributed by atoms with Gasteiger partial charge in [0.1, 0.15) is 23.0 Å². The van der Waals surface area contributed by atoms with Crippen LogP contribution in [-0.4, -0.2) is 30.6 Å². The van der Waals surface area contributed by atoms with Crippen molar-refractivity contribution in [3.8, 4) is 17.1 Å². The lowest BCUT2D eigenvalue weighted by Gasteiger charge is -2.12. The molecule has 0 radical (unpaired) electrons. The Hall–Kier alpha value is -5.54. The molecule has 4 aromatic carbocycles. The zero-order chi connectivity index (χ0) is 30.7. The molecule has 8 nitrogen and oxygen atoms in total. The maximum Gasteiger partial charge on any atom is 0.272 e. The van der Waals surface area contributed by atoms with Gasteiger partial charge in [0.05, 0.1) is 18.6 Å². The molecule has 0 aliphatic carbocycles. The minimum absolute atomic E-state index is 0.0132. The van der Waals surface area contributed by atoms with Crippen molar-refractivity contribution < 1.29 is 23.5 Å². The average Bonchev–Trinajstić information content (AvgIpc) is 3.54. The molecule has 220 valence electrons. The molecule has 1 aromatic heterocycles. The second kappa shape index (κ2) is 14.6. The summed E-state index contributed by atoms with van der Waals surface area (Å²) in [6, 6.07) is 36.0. The van der Waals surface area contributed by atoms with Gasteiger partial charge in [0.2, 0.25) is 5.91 Å². The fourth-order valence-corrected chi connectivity index (χ4v) is 4.89. The highest BCUT2D eigenvalue weighted by molar-refractivity contribution is 8.00. The van der Waals surface area contributed by atoms with E-state index in [1.807, 2.05) is 54.6 Å². The molecule has 9 heteroatoms. The highest BCUT2D eigenvalue weighted by Gasteiger charge is 2.17. The maximum atomic E-state index is 13.4. The van der Waals surface area contributed by atoms with E-state index >= 15 is 0 Å². The Balaban J connectivity index is 1.26. The first-order valence-corrected chi connectivity index (χ1v) is 14.7. The van der Waals surface area contributed by atoms with E-state index in [4.69, 9.17) is 9.15 Å². The predicted molar refractivity (Wildman–Crippen MR) is 173 cm³/mol. The first-order chi connectivity index (χ1) is 21.5. The Labute approximate surface area is 259 Å². The van der Waals surface area contributed by atoms with Crippen LogP contribution in [0.4, 0.5) is 11.4 Å². The Kier molecular flexibility index (Phi) is 9.91. The van der Waals surface area contributed by atoms with Crippen molar-refractivity contribution in [2.45, 2.75) is 4.90 Å². The van der Waals surface area contributed by atoms with E-state index in [9.17, 15) is 14.4 Å². The second-order valence-corrected chi connectivity index (χ2v) is 10.5. The molecule has 0 aliphatic heterocycles. The molecule has 44 heavy (non-hydrogen) atoms. The lowest BCUT2D eigenvalue weighted by Crippen LogP contribution is -2.30. The van der Waals surface area contributed by atoms with E-state index in [2.05, 4.69) is 16.0 Å². The highest BCUT2D eigenvalue weighted by Crippen LogP contribution is 2.26. The number of thioether (sulfide) groups is 1. The molecular formula is C35H29N3O5S. The maximum absolute atomic E-state index is 13.4. The zero-order valence-corrected chi connectivity index (χ0v) is 24.6. The molecule has 0 unspecified atom stereocenters. The highest BCUT2D eigenvalue weighted by atomic mass is 32.2. The summed E-state index contributed by atoms with van der Waals surface area (Å²) in [5.74, 6) is 0.688. The summed E-state index contributed by atoms with van der Waals surface area (Å²) < 4.78 is 11.2. The Morgan fingerprint density at radius 2 is 1.45 bits per heavy atom. The number of hydrogen-bond acceptors (Lipinski definition) is 6. The van der Waals surface area contributed by atoms with Crippen LogP contribution < -0.4 is 20.7 Å². The number of anilines is 2. The number of ether oxygens (including phenoxy) is 1. The number of para-hydroxylation sites is 2. The number of rotatable bonds is 11. The van der Waals surface area contributed by atoms with Crippen molar-refractivity contribution in [1.82, 2.24) is 5.32 Å². The van der Waals surface area contributed by atoms with Crippen molar-refractivity contribution in [3.05, 3.63) is 138 Å². The van der Waals surface area contributed by atoms with E-state index in [0.717, 1.165) is 10.5 Å². The Morgan fingerprint density at radius 1 is 0.773 bits per heavy atom. The Bertz CT molecular complexity index is 1770. The summed E-state index contributed by atoms with van der Waals surface area (Å²) in [6.07, 6.45) is 1.49. The SMILES string of the molecule is COc1ccccc1NC(=O)CSc1ccc(NC(=O)C(=Cc2ccc(-c3ccccc3)o2)NC(=O)c2ccccc2)cc1. The normalized spacial score (nSPS) is 11.0. The number of nitrogens with one attached hydrogen (secondary N) is 3. The second-order valence-electron chi connectivity index (χ2n) is 9.46. The molecule has 1 heterocycles. The molecule has 0 spiro atoms. The summed E-state index contributed by atoms with van der Waals surface area (Å²) in [4.78, 5) is 39.6. The van der Waals surface area contributed by atoms with Gasteiger partial charge in [-0.05, 0) is 60.7 Å². The minimum Gasteiger partial charge on any atom is -0.495 e. The third-order valence-electron chi connectivity index (χ3n) is 6.36. The number of amides is 3. The van der Waals surface area contributed by atoms with Gasteiger partial charge in [0.25, 0.3) is 11.8 Å². The lowest BCUT2D eigenvalue weighted by molar-refractivity contribution is -0.114. The van der Waals surface area contributed by atoms with Gasteiger partial charge in [0.15, 0.2) is 0 Å². The van der Waals surface area contributed by atoms with Crippen LogP contribution in [0.15, 0.2) is 136 Å². The average molecular weight is 604 g/mol. The molecule has 5 rings (SSSR count). The molecule has 0 saturated carbocycles. The topological polar surface area (TPSA) is 110 Å². The van der Waals surface area contributed by atoms with Crippen LogP contribution in [0.3, 0.4) is 0 Å². The van der Waals surface area contributed by atoms with E-state index in [1.165, 1.54) is 17.8 Å². The molecule has 0 aliphatic rings. The molecular weight excluding hydrogens is 574 g/mol. The Morgan fingerprint density at radius 3 is 2.18 bits per heavy atom. The van der Waals surface area contributed by atoms with Crippen LogP contribution >= 0.6 is 11.8 Å². The van der Waals surface area contributed by atoms with Gasteiger partial charge >= 0.3 is 0 Å². The van der Waals surface area contributed by atoms with Gasteiger partial charge in [-0.1, -0.05) is 60.7 Å². The van der Waals surface area contributed by atoms with Crippen LogP contribution in [0, 0.1) is 0 Å². The predicted octanol–water partition coefficient (Wildman–Crippen LogP) is 7.10. The molecule has 0 saturated heterocycles. The van der Waals surface area contributed by atoms with Crippen LogP contribution in [0.2, 0.25) is 0 Å². The van der Waals surface area contributed by atoms with Crippen LogP contribution in [0.1, 0.15) is 16.1 Å². The van der Waals surface area contributed by atoms with Crippen LogP contribution in [0.5, 0.6) is 5.75 Å². The third kappa shape index (κ3) is 8.05. The standard InChI is InChI=1S/C35H29N3O5S/c1-42-32-15-9-8-14-29(32)37-33(39)23-44-28-19-16-26(17-20-28)36-35(41)30(38-34(40)25-12-6-3-7-13-25)22-27-18-21-31(43-27)24-10-4-2-5-11-24/h2-22H,23H2,1H3,(H,36,41)(H,37,39)(H,38,40). The first-order valence-electron chi connectivity index (χ1n) is 13.7. The number of furan rings is 1.